The summed E-state index contributed by atoms with van der Waals surface area (Å²) in [5.74, 6) is 0.680. The van der Waals surface area contributed by atoms with Crippen LogP contribution in [-0.4, -0.2) is 59.6 Å². The maximum absolute atomic E-state index is 11.4. The molecular formula is C13H22N6O2. The van der Waals surface area contributed by atoms with E-state index in [0.717, 1.165) is 32.5 Å². The van der Waals surface area contributed by atoms with Crippen molar-refractivity contribution in [3.05, 3.63) is 16.4 Å². The summed E-state index contributed by atoms with van der Waals surface area (Å²) in [6.07, 6.45) is 3.26. The van der Waals surface area contributed by atoms with Gasteiger partial charge in [0.25, 0.3) is 0 Å². The first kappa shape index (κ1) is 15.4. The maximum atomic E-state index is 11.4. The Balaban J connectivity index is 2.45. The number of hydrogen-bond acceptors (Lipinski definition) is 7. The second-order valence-electron chi connectivity index (χ2n) is 5.27. The van der Waals surface area contributed by atoms with Crippen molar-refractivity contribution in [2.24, 2.45) is 0 Å². The van der Waals surface area contributed by atoms with Crippen molar-refractivity contribution in [3.63, 3.8) is 0 Å². The summed E-state index contributed by atoms with van der Waals surface area (Å²) < 4.78 is 0. The van der Waals surface area contributed by atoms with E-state index in [9.17, 15) is 10.1 Å². The highest BCUT2D eigenvalue weighted by Crippen LogP contribution is 2.33. The van der Waals surface area contributed by atoms with Crippen LogP contribution in [0.5, 0.6) is 0 Å². The molecule has 8 heteroatoms. The molecule has 0 aromatic carbocycles. The molecule has 116 valence electrons. The summed E-state index contributed by atoms with van der Waals surface area (Å²) in [6, 6.07) is 0.218. The van der Waals surface area contributed by atoms with Crippen LogP contribution in [0.3, 0.4) is 0 Å². The Kier molecular flexibility index (Phi) is 4.89. The first-order chi connectivity index (χ1) is 10.1. The molecule has 0 bridgehead atoms. The van der Waals surface area contributed by atoms with E-state index in [4.69, 9.17) is 0 Å². The van der Waals surface area contributed by atoms with E-state index < -0.39 is 4.92 Å². The molecule has 21 heavy (non-hydrogen) atoms. The van der Waals surface area contributed by atoms with E-state index in [1.165, 1.54) is 6.33 Å². The Labute approximate surface area is 124 Å². The molecule has 1 aromatic rings. The van der Waals surface area contributed by atoms with Gasteiger partial charge >= 0.3 is 5.69 Å². The van der Waals surface area contributed by atoms with Crippen LogP contribution in [0, 0.1) is 10.1 Å². The molecule has 1 fully saturated rings. The first-order valence-corrected chi connectivity index (χ1v) is 7.20. The zero-order chi connectivity index (χ0) is 15.4. The number of hydrogen-bond donors (Lipinski definition) is 1. The molecule has 1 atom stereocenters. The van der Waals surface area contributed by atoms with Gasteiger partial charge in [-0.3, -0.25) is 10.1 Å². The van der Waals surface area contributed by atoms with E-state index in [1.807, 2.05) is 0 Å². The van der Waals surface area contributed by atoms with Crippen LogP contribution in [0.15, 0.2) is 6.33 Å². The predicted molar refractivity (Wildman–Crippen MR) is 81.8 cm³/mol. The highest BCUT2D eigenvalue weighted by atomic mass is 16.6. The Bertz CT molecular complexity index is 509. The quantitative estimate of drug-likeness (QED) is 0.662. The third-order valence-corrected chi connectivity index (χ3v) is 3.87. The molecule has 0 radical (unpaired) electrons. The summed E-state index contributed by atoms with van der Waals surface area (Å²) >= 11 is 0. The lowest BCUT2D eigenvalue weighted by atomic mass is 10.2. The van der Waals surface area contributed by atoms with Gasteiger partial charge in [0.2, 0.25) is 11.6 Å². The molecule has 0 amide bonds. The number of nitrogens with one attached hydrogen (secondary N) is 1. The fourth-order valence-corrected chi connectivity index (χ4v) is 2.80. The van der Waals surface area contributed by atoms with E-state index in [1.54, 1.807) is 7.05 Å². The number of rotatable bonds is 4. The third-order valence-electron chi connectivity index (χ3n) is 3.87. The van der Waals surface area contributed by atoms with Crippen LogP contribution < -0.4 is 10.2 Å². The van der Waals surface area contributed by atoms with Gasteiger partial charge in [-0.15, -0.1) is 0 Å². The minimum Gasteiger partial charge on any atom is -0.367 e. The summed E-state index contributed by atoms with van der Waals surface area (Å²) in [6.45, 7) is 4.74. The van der Waals surface area contributed by atoms with Gasteiger partial charge in [-0.2, -0.15) is 0 Å². The van der Waals surface area contributed by atoms with Gasteiger partial charge in [-0.05, 0) is 26.4 Å². The average molecular weight is 294 g/mol. The Morgan fingerprint density at radius 2 is 2.24 bits per heavy atom. The molecule has 1 aliphatic heterocycles. The minimum atomic E-state index is -0.400. The van der Waals surface area contributed by atoms with Crippen LogP contribution in [0.4, 0.5) is 17.3 Å². The number of likely N-dealkylation sites (N-methyl/N-ethyl adjacent to an activating group) is 1. The molecule has 8 nitrogen and oxygen atoms in total. The third kappa shape index (κ3) is 3.21. The van der Waals surface area contributed by atoms with Gasteiger partial charge in [-0.1, -0.05) is 6.92 Å². The van der Waals surface area contributed by atoms with Crippen LogP contribution >= 0.6 is 0 Å². The van der Waals surface area contributed by atoms with Gasteiger partial charge in [0, 0.05) is 26.2 Å². The van der Waals surface area contributed by atoms with Gasteiger partial charge < -0.3 is 15.1 Å². The van der Waals surface area contributed by atoms with Crippen molar-refractivity contribution in [1.82, 2.24) is 14.9 Å². The molecule has 2 heterocycles. The van der Waals surface area contributed by atoms with Crippen LogP contribution in [0.25, 0.3) is 0 Å². The lowest BCUT2D eigenvalue weighted by Crippen LogP contribution is -2.40. The number of aromatic nitrogens is 2. The molecule has 2 rings (SSSR count). The standard InChI is InChI=1S/C13H22N6O2/c1-4-10-8-17(3)6-5-7-18(10)13-11(19(20)21)12(14-2)15-9-16-13/h9-10H,4-8H2,1-3H3,(H,14,15,16). The number of nitrogens with zero attached hydrogens (tertiary/aromatic N) is 5. The van der Waals surface area contributed by atoms with E-state index >= 15 is 0 Å². The van der Waals surface area contributed by atoms with Gasteiger partial charge in [0.15, 0.2) is 0 Å². The smallest absolute Gasteiger partial charge is 0.353 e. The molecule has 1 unspecified atom stereocenters. The predicted octanol–water partition coefficient (Wildman–Crippen LogP) is 1.35. The SMILES string of the molecule is CCC1CN(C)CCCN1c1ncnc(NC)c1[N+](=O)[O-]. The first-order valence-electron chi connectivity index (χ1n) is 7.20. The largest absolute Gasteiger partial charge is 0.367 e. The van der Waals surface area contributed by atoms with Crippen LogP contribution in [-0.2, 0) is 0 Å². The highest BCUT2D eigenvalue weighted by Gasteiger charge is 2.31. The van der Waals surface area contributed by atoms with Crippen LogP contribution in [0.2, 0.25) is 0 Å². The summed E-state index contributed by atoms with van der Waals surface area (Å²) in [5.41, 5.74) is -0.0389. The summed E-state index contributed by atoms with van der Waals surface area (Å²) in [5, 5.41) is 14.2. The second kappa shape index (κ2) is 6.66. The van der Waals surface area contributed by atoms with Crippen LogP contribution in [0.1, 0.15) is 19.8 Å². The number of nitro groups is 1. The Hall–Kier alpha value is -1.96. The Morgan fingerprint density at radius 1 is 1.48 bits per heavy atom. The lowest BCUT2D eigenvalue weighted by Gasteiger charge is -2.30. The number of anilines is 2. The molecule has 1 N–H and O–H groups in total. The fraction of sp³-hybridized carbons (Fsp3) is 0.692. The fourth-order valence-electron chi connectivity index (χ4n) is 2.80. The Morgan fingerprint density at radius 3 is 2.86 bits per heavy atom. The monoisotopic (exact) mass is 294 g/mol. The van der Waals surface area contributed by atoms with Crippen molar-refractivity contribution in [2.75, 3.05) is 43.9 Å². The molecule has 0 saturated carbocycles. The van der Waals surface area contributed by atoms with Crippen molar-refractivity contribution in [3.8, 4) is 0 Å². The van der Waals surface area contributed by atoms with Crippen molar-refractivity contribution in [1.29, 1.82) is 0 Å². The van der Waals surface area contributed by atoms with Crippen molar-refractivity contribution >= 4 is 17.3 Å². The lowest BCUT2D eigenvalue weighted by molar-refractivity contribution is -0.383. The molecule has 0 spiro atoms. The van der Waals surface area contributed by atoms with E-state index in [-0.39, 0.29) is 17.5 Å². The topological polar surface area (TPSA) is 87.4 Å². The average Bonchev–Trinajstić information content (AvgIpc) is 2.67. The molecular weight excluding hydrogens is 272 g/mol. The highest BCUT2D eigenvalue weighted by molar-refractivity contribution is 5.70. The van der Waals surface area contributed by atoms with Crippen molar-refractivity contribution < 1.29 is 4.92 Å². The zero-order valence-corrected chi connectivity index (χ0v) is 12.7. The molecule has 1 aromatic heterocycles. The summed E-state index contributed by atoms with van der Waals surface area (Å²) in [4.78, 5) is 23.5. The van der Waals surface area contributed by atoms with Gasteiger partial charge in [0.05, 0.1) is 4.92 Å². The summed E-state index contributed by atoms with van der Waals surface area (Å²) in [7, 11) is 3.71. The zero-order valence-electron chi connectivity index (χ0n) is 12.7. The van der Waals surface area contributed by atoms with Gasteiger partial charge in [0.1, 0.15) is 6.33 Å². The maximum Gasteiger partial charge on any atom is 0.353 e. The normalized spacial score (nSPS) is 20.1. The molecule has 1 saturated heterocycles. The minimum absolute atomic E-state index is 0.0389. The second-order valence-corrected chi connectivity index (χ2v) is 5.27. The molecule has 0 aliphatic carbocycles. The van der Waals surface area contributed by atoms with Crippen molar-refractivity contribution in [2.45, 2.75) is 25.8 Å². The van der Waals surface area contributed by atoms with Gasteiger partial charge in [-0.25, -0.2) is 9.97 Å². The molecule has 1 aliphatic rings. The van der Waals surface area contributed by atoms with E-state index in [2.05, 4.69) is 39.1 Å². The van der Waals surface area contributed by atoms with E-state index in [0.29, 0.717) is 5.82 Å².